The van der Waals surface area contributed by atoms with Gasteiger partial charge in [0.15, 0.2) is 23.6 Å². The molecule has 1 saturated carbocycles. The highest BCUT2D eigenvalue weighted by molar-refractivity contribution is 6.39. The van der Waals surface area contributed by atoms with Gasteiger partial charge >= 0.3 is 5.97 Å². The number of amides is 4. The molecule has 4 aliphatic heterocycles. The summed E-state index contributed by atoms with van der Waals surface area (Å²) in [5.74, 6) is -7.44. The number of Topliss-reactive ketones (excluding diaryl/α,β-unsaturated/α-hetero) is 2. The molecule has 36 heteroatoms. The Kier molecular flexibility index (Phi) is 38.2. The highest BCUT2D eigenvalue weighted by Crippen LogP contribution is 2.40. The summed E-state index contributed by atoms with van der Waals surface area (Å²) < 4.78 is 48.8. The van der Waals surface area contributed by atoms with Crippen LogP contribution in [0.25, 0.3) is 33.4 Å². The van der Waals surface area contributed by atoms with Gasteiger partial charge in [0, 0.05) is 135 Å². The molecule has 4 amide bonds. The number of benzene rings is 1. The number of likely N-dealkylation sites (N-methyl/N-ethyl adjacent to an activating group) is 1. The molecule has 698 valence electrons. The van der Waals surface area contributed by atoms with Crippen LogP contribution in [0.3, 0.4) is 0 Å². The minimum Gasteiger partial charge on any atom is -0.460 e. The molecular weight excluding hydrogens is 1640 g/mol. The first-order valence-corrected chi connectivity index (χ1v) is 44.8. The average molecular weight is 1770 g/mol. The number of oxazole rings is 1. The summed E-state index contributed by atoms with van der Waals surface area (Å²) in [5.41, 5.74) is 17.5. The summed E-state index contributed by atoms with van der Waals surface area (Å²) in [6.45, 7) is 16.8. The average Bonchev–Trinajstić information content (AvgIpc) is 1.73. The molecule has 10 N–H and O–H groups in total. The minimum absolute atomic E-state index is 0.00471. The van der Waals surface area contributed by atoms with Gasteiger partial charge in [-0.15, -0.1) is 0 Å². The maximum absolute atomic E-state index is 14.8. The van der Waals surface area contributed by atoms with E-state index in [9.17, 15) is 54.0 Å². The number of nitrogens with one attached hydrogen (secondary N) is 2. The van der Waals surface area contributed by atoms with Gasteiger partial charge in [-0.3, -0.25) is 33.7 Å². The van der Waals surface area contributed by atoms with E-state index in [4.69, 9.17) is 59.0 Å². The second kappa shape index (κ2) is 48.7. The van der Waals surface area contributed by atoms with Gasteiger partial charge in [-0.05, 0) is 157 Å². The number of carbonyl (C=O) groups is 7. The Hall–Kier alpha value is -9.60. The smallest absolute Gasteiger partial charge is 0.329 e. The number of methoxy groups -OCH3 is 3. The van der Waals surface area contributed by atoms with E-state index in [1.807, 2.05) is 75.1 Å². The number of aliphatic hydroxyl groups is 4. The van der Waals surface area contributed by atoms with Crippen LogP contribution >= 0.6 is 0 Å². The number of unbranched alkanes of at least 4 members (excludes halogenated alkanes) is 1. The number of fused-ring (bicyclic) bond motifs is 5. The summed E-state index contributed by atoms with van der Waals surface area (Å²) in [7, 11) is 6.30. The number of ketones is 2. The van der Waals surface area contributed by atoms with Crippen molar-refractivity contribution in [3.63, 3.8) is 0 Å². The lowest BCUT2D eigenvalue weighted by atomic mass is 9.78. The predicted molar refractivity (Wildman–Crippen MR) is 475 cm³/mol. The lowest BCUT2D eigenvalue weighted by Gasteiger charge is -2.43. The number of oxime groups is 1. The van der Waals surface area contributed by atoms with Crippen LogP contribution in [-0.4, -0.2) is 298 Å². The fourth-order valence-corrected chi connectivity index (χ4v) is 17.4. The third-order valence-corrected chi connectivity index (χ3v) is 25.0. The summed E-state index contributed by atoms with van der Waals surface area (Å²) in [5, 5.41) is 63.2. The molecule has 8 heterocycles. The van der Waals surface area contributed by atoms with Crippen molar-refractivity contribution in [2.45, 2.75) is 225 Å². The van der Waals surface area contributed by atoms with E-state index in [-0.39, 0.29) is 151 Å². The monoisotopic (exact) mass is 1770 g/mol. The molecule has 4 aromatic heterocycles. The number of allylic oxidation sites excluding steroid dienone is 5. The normalized spacial score (nSPS) is 28.0. The molecule has 127 heavy (non-hydrogen) atoms. The molecule has 16 atom stereocenters. The quantitative estimate of drug-likeness (QED) is 0.00739. The first-order chi connectivity index (χ1) is 60.9. The number of ether oxygens (including phenoxy) is 7. The van der Waals surface area contributed by atoms with E-state index in [0.29, 0.717) is 167 Å². The number of rotatable bonds is 32. The van der Waals surface area contributed by atoms with Gasteiger partial charge in [-0.1, -0.05) is 76.2 Å². The van der Waals surface area contributed by atoms with Crippen molar-refractivity contribution in [3.8, 4) is 11.3 Å². The predicted octanol–water partition coefficient (Wildman–Crippen LogP) is 6.60. The molecule has 1 aromatic carbocycles. The number of aryl methyl sites for hydroxylation is 2. The van der Waals surface area contributed by atoms with Crippen molar-refractivity contribution in [2.75, 3.05) is 137 Å². The topological polar surface area (TPSA) is 471 Å². The van der Waals surface area contributed by atoms with Crippen molar-refractivity contribution >= 4 is 86.8 Å². The molecule has 3 saturated heterocycles. The number of aromatic nitrogens is 7. The number of anilines is 3. The highest BCUT2D eigenvalue weighted by Gasteiger charge is 2.53. The number of nitrogens with zero attached hydrogens (tertiary/aromatic N) is 12. The van der Waals surface area contributed by atoms with Gasteiger partial charge in [0.05, 0.1) is 81.1 Å². The van der Waals surface area contributed by atoms with E-state index in [2.05, 4.69) is 40.7 Å². The molecule has 1 aliphatic carbocycles. The van der Waals surface area contributed by atoms with E-state index < -0.39 is 84.1 Å². The van der Waals surface area contributed by atoms with Crippen LogP contribution in [-0.2, 0) is 84.5 Å². The third-order valence-electron chi connectivity index (χ3n) is 25.0. The molecule has 10 rings (SSSR count). The van der Waals surface area contributed by atoms with Crippen molar-refractivity contribution in [3.05, 3.63) is 90.1 Å². The van der Waals surface area contributed by atoms with E-state index in [1.165, 1.54) is 18.3 Å². The van der Waals surface area contributed by atoms with Crippen LogP contribution < -0.4 is 27.0 Å². The highest BCUT2D eigenvalue weighted by atomic mass is 16.6. The van der Waals surface area contributed by atoms with Crippen LogP contribution in [0.2, 0.25) is 0 Å². The van der Waals surface area contributed by atoms with Crippen LogP contribution in [0, 0.1) is 35.5 Å². The van der Waals surface area contributed by atoms with Crippen LogP contribution in [0.5, 0.6) is 0 Å². The van der Waals surface area contributed by atoms with E-state index in [0.717, 1.165) is 16.7 Å². The Morgan fingerprint density at radius 2 is 1.54 bits per heavy atom. The molecule has 0 unspecified atom stereocenters. The number of piperidine rings is 1. The molecular formula is C91H134N16O20. The first-order valence-electron chi connectivity index (χ1n) is 44.8. The number of carbonyl (C=O) groups excluding carboxylic acids is 7. The molecule has 5 aromatic rings. The number of nitrogens with two attached hydrogens (primary N) is 2. The Labute approximate surface area is 743 Å². The fourth-order valence-electron chi connectivity index (χ4n) is 17.4. The Balaban J connectivity index is 0.659. The van der Waals surface area contributed by atoms with Crippen LogP contribution in [0.15, 0.2) is 94.1 Å². The summed E-state index contributed by atoms with van der Waals surface area (Å²) in [6.07, 6.45) is 16.8. The Morgan fingerprint density at radius 3 is 2.28 bits per heavy atom. The van der Waals surface area contributed by atoms with Gasteiger partial charge in [-0.25, -0.2) is 29.4 Å². The SMILES string of the molecule is CO[C@H]1C[C@@H]2CC[C@@H](C)[C@@](O)(O2)C(=O)C(=O)N2CCCC[C@H]2C(=O)O[C@H]([C@H](C)C[C@@H]2CC[C@@H](O)[C@H](OC)C2)C[C@@H](O)[C@H](C)/C=C(\C)[C@@H](O)[C@@H](OC)C(=NOCC(=O)CCc2cnc(N3CCN(C(=O)CN(C)CC(=O)NCCOCCOCCC(=O)NCCCCn4nc(-c5ccc6oc(N)nc6c5)c5c(N)ncnc54)CC3)nc2)[C@H](C)C[C@H](C)/C=C/C=C/C=C/1C. The first kappa shape index (κ1) is 99.6. The number of cyclic esters (lactones) is 1. The number of piperazine rings is 1. The van der Waals surface area contributed by atoms with Crippen LogP contribution in [0.4, 0.5) is 17.8 Å². The number of esters is 1. The fraction of sp³-hybridized carbons (Fsp3) is 0.648. The third kappa shape index (κ3) is 28.2. The molecule has 36 nitrogen and oxygen atoms in total. The second-order valence-electron chi connectivity index (χ2n) is 34.8. The summed E-state index contributed by atoms with van der Waals surface area (Å²) >= 11 is 0. The zero-order valence-corrected chi connectivity index (χ0v) is 75.6. The van der Waals surface area contributed by atoms with Crippen molar-refractivity contribution in [1.82, 2.24) is 60.0 Å². The zero-order chi connectivity index (χ0) is 91.4. The summed E-state index contributed by atoms with van der Waals surface area (Å²) in [6, 6.07) is 4.36. The lowest BCUT2D eigenvalue weighted by Crippen LogP contribution is -2.61. The van der Waals surface area contributed by atoms with E-state index in [1.54, 1.807) is 81.1 Å². The maximum Gasteiger partial charge on any atom is 0.329 e. The largest absolute Gasteiger partial charge is 0.460 e. The standard InChI is InChI=1S/C91H134N16O20/c1-56-19-13-12-14-20-57(2)73(119-9)48-67-27-22-62(7)91(118,127-67)84(115)87(116)106-33-17-15-21-69(106)88(117)125-74(59(4)45-63-24-28-70(109)75(46-63)120-10)49-71(110)58(3)44-61(6)82(114)83(121-11)80(60(5)43-56)102-124-54-66(108)26-23-64-50-96-90(97-51-64)105-37-35-104(36-38-105)78(113)53-103(8)52-77(112)95-32-40-123-42-41-122-39-30-76(111)94-31-16-18-34-107-86-79(85(92)98-55-99-86)81(101-107)65-25-29-72-68(47-65)100-89(93)126-72/h12-14,19-20,25,29,44,47,50-51,55-56,58-60,62-63,67,69-71,73-75,82-83,109-110,114,118H,15-18,21-24,26-28,30-43,45-46,48-49,52-54H2,1-11H3,(H2,93,100)(H,94,111)(H,95,112)(H2,92,98,99)/b14-12+,19-13+,57-20+,61-44+,102-80?/t56-,58-,59-,60-,62-,63+,67+,69+,70-,71-,73+,74+,75-,82-,83+,91-/m1/s1. The van der Waals surface area contributed by atoms with Crippen LogP contribution in [0.1, 0.15) is 157 Å². The van der Waals surface area contributed by atoms with Gasteiger partial charge < -0.3 is 99.6 Å². The van der Waals surface area contributed by atoms with Gasteiger partial charge in [0.2, 0.25) is 29.5 Å². The Bertz CT molecular complexity index is 4610. The van der Waals surface area contributed by atoms with Gasteiger partial charge in [0.25, 0.3) is 17.7 Å². The number of hydrogen-bond donors (Lipinski definition) is 8. The van der Waals surface area contributed by atoms with Gasteiger partial charge in [0.1, 0.15) is 47.7 Å². The van der Waals surface area contributed by atoms with Crippen molar-refractivity contribution in [2.24, 2.45) is 40.7 Å². The summed E-state index contributed by atoms with van der Waals surface area (Å²) in [4.78, 5) is 131. The number of hydrogen-bond acceptors (Lipinski definition) is 31. The molecule has 5 aliphatic rings. The Morgan fingerprint density at radius 1 is 0.780 bits per heavy atom. The molecule has 0 spiro atoms. The molecule has 2 bridgehead atoms. The number of nitrogen functional groups attached to an aromatic ring is 2. The lowest BCUT2D eigenvalue weighted by molar-refractivity contribution is -0.265. The van der Waals surface area contributed by atoms with E-state index >= 15 is 0 Å². The molecule has 4 fully saturated rings. The maximum atomic E-state index is 14.8. The minimum atomic E-state index is -2.47. The van der Waals surface area contributed by atoms with Gasteiger partial charge in [-0.2, -0.15) is 10.1 Å². The van der Waals surface area contributed by atoms with Crippen molar-refractivity contribution in [1.29, 1.82) is 0 Å². The van der Waals surface area contributed by atoms with Crippen molar-refractivity contribution < 1.29 is 96.4 Å². The second-order valence-corrected chi connectivity index (χ2v) is 34.8. The number of aliphatic hydroxyl groups excluding tert-OH is 3. The zero-order valence-electron chi connectivity index (χ0n) is 75.6. The molecule has 0 radical (unpaired) electrons.